The highest BCUT2D eigenvalue weighted by Gasteiger charge is 2.09. The van der Waals surface area contributed by atoms with Gasteiger partial charge in [0.05, 0.1) is 13.2 Å². The Kier molecular flexibility index (Phi) is 6.80. The van der Waals surface area contributed by atoms with Crippen LogP contribution in [0.2, 0.25) is 0 Å². The SMILES string of the molecule is Brc1ccc(OCCN2CCOCC2)nc1.Cl. The zero-order valence-corrected chi connectivity index (χ0v) is 11.9. The fourth-order valence-electron chi connectivity index (χ4n) is 1.55. The number of hydrogen-bond acceptors (Lipinski definition) is 4. The molecule has 1 aliphatic heterocycles. The molecule has 0 N–H and O–H groups in total. The molecule has 1 saturated heterocycles. The zero-order chi connectivity index (χ0) is 11.2. The third-order valence-corrected chi connectivity index (χ3v) is 2.93. The first-order valence-electron chi connectivity index (χ1n) is 5.39. The van der Waals surface area contributed by atoms with Crippen molar-refractivity contribution in [3.8, 4) is 5.88 Å². The van der Waals surface area contributed by atoms with Crippen molar-refractivity contribution >= 4 is 28.3 Å². The number of halogens is 2. The Morgan fingerprint density at radius 3 is 2.76 bits per heavy atom. The van der Waals surface area contributed by atoms with Gasteiger partial charge in [0.1, 0.15) is 6.61 Å². The van der Waals surface area contributed by atoms with Crippen LogP contribution >= 0.6 is 28.3 Å². The van der Waals surface area contributed by atoms with Crippen LogP contribution in [0.5, 0.6) is 5.88 Å². The highest BCUT2D eigenvalue weighted by molar-refractivity contribution is 9.10. The molecule has 0 saturated carbocycles. The molecule has 0 unspecified atom stereocenters. The van der Waals surface area contributed by atoms with E-state index in [0.717, 1.165) is 37.3 Å². The van der Waals surface area contributed by atoms with Crippen LogP contribution in [0.4, 0.5) is 0 Å². The first-order chi connectivity index (χ1) is 7.84. The molecule has 17 heavy (non-hydrogen) atoms. The maximum Gasteiger partial charge on any atom is 0.213 e. The highest BCUT2D eigenvalue weighted by Crippen LogP contribution is 2.12. The molecule has 1 fully saturated rings. The molecular weight excluding hydrogens is 307 g/mol. The molecule has 1 aliphatic rings. The number of hydrogen-bond donors (Lipinski definition) is 0. The number of rotatable bonds is 4. The monoisotopic (exact) mass is 322 g/mol. The lowest BCUT2D eigenvalue weighted by Gasteiger charge is -2.26. The summed E-state index contributed by atoms with van der Waals surface area (Å²) < 4.78 is 11.8. The van der Waals surface area contributed by atoms with Crippen molar-refractivity contribution < 1.29 is 9.47 Å². The second-order valence-corrected chi connectivity index (χ2v) is 4.53. The summed E-state index contributed by atoms with van der Waals surface area (Å²) in [5, 5.41) is 0. The van der Waals surface area contributed by atoms with Gasteiger partial charge in [-0.05, 0) is 22.0 Å². The molecule has 2 rings (SSSR count). The molecule has 0 atom stereocenters. The van der Waals surface area contributed by atoms with Gasteiger partial charge in [-0.1, -0.05) is 0 Å². The first-order valence-corrected chi connectivity index (χ1v) is 6.18. The molecule has 0 amide bonds. The Bertz CT molecular complexity index is 318. The third kappa shape index (κ3) is 5.21. The predicted molar refractivity (Wildman–Crippen MR) is 71.9 cm³/mol. The average molecular weight is 324 g/mol. The summed E-state index contributed by atoms with van der Waals surface area (Å²) in [7, 11) is 0. The maximum absolute atomic E-state index is 5.55. The van der Waals surface area contributed by atoms with E-state index in [1.165, 1.54) is 0 Å². The lowest BCUT2D eigenvalue weighted by Crippen LogP contribution is -2.38. The normalized spacial score (nSPS) is 16.3. The minimum absolute atomic E-state index is 0. The fraction of sp³-hybridized carbons (Fsp3) is 0.545. The molecular formula is C11H16BrClN2O2. The van der Waals surface area contributed by atoms with E-state index in [1.807, 2.05) is 12.1 Å². The molecule has 2 heterocycles. The van der Waals surface area contributed by atoms with Gasteiger partial charge in [0.15, 0.2) is 0 Å². The van der Waals surface area contributed by atoms with Crippen LogP contribution in [-0.4, -0.2) is 49.3 Å². The van der Waals surface area contributed by atoms with Crippen LogP contribution in [0.25, 0.3) is 0 Å². The van der Waals surface area contributed by atoms with Crippen molar-refractivity contribution in [3.63, 3.8) is 0 Å². The van der Waals surface area contributed by atoms with Crippen LogP contribution in [0.3, 0.4) is 0 Å². The predicted octanol–water partition coefficient (Wildman–Crippen LogP) is 1.98. The van der Waals surface area contributed by atoms with Crippen LogP contribution in [0.1, 0.15) is 0 Å². The van der Waals surface area contributed by atoms with Gasteiger partial charge in [-0.25, -0.2) is 4.98 Å². The second kappa shape index (κ2) is 7.87. The van der Waals surface area contributed by atoms with Crippen molar-refractivity contribution in [2.24, 2.45) is 0 Å². The Morgan fingerprint density at radius 1 is 1.35 bits per heavy atom. The molecule has 1 aromatic heterocycles. The summed E-state index contributed by atoms with van der Waals surface area (Å²) >= 11 is 3.34. The number of ether oxygens (including phenoxy) is 2. The molecule has 4 nitrogen and oxygen atoms in total. The van der Waals surface area contributed by atoms with Gasteiger partial charge in [-0.3, -0.25) is 4.90 Å². The molecule has 0 aliphatic carbocycles. The summed E-state index contributed by atoms with van der Waals surface area (Å²) in [5.74, 6) is 0.677. The van der Waals surface area contributed by atoms with E-state index in [-0.39, 0.29) is 12.4 Å². The van der Waals surface area contributed by atoms with Crippen LogP contribution < -0.4 is 4.74 Å². The van der Waals surface area contributed by atoms with E-state index in [4.69, 9.17) is 9.47 Å². The molecule has 1 aromatic rings. The van der Waals surface area contributed by atoms with Crippen molar-refractivity contribution in [1.29, 1.82) is 0 Å². The van der Waals surface area contributed by atoms with E-state index in [0.29, 0.717) is 12.5 Å². The summed E-state index contributed by atoms with van der Waals surface area (Å²) in [6.45, 7) is 5.26. The van der Waals surface area contributed by atoms with Crippen LogP contribution in [-0.2, 0) is 4.74 Å². The Labute approximate surface area is 116 Å². The largest absolute Gasteiger partial charge is 0.476 e. The van der Waals surface area contributed by atoms with E-state index >= 15 is 0 Å². The first kappa shape index (κ1) is 14.7. The van der Waals surface area contributed by atoms with Crippen LogP contribution in [0.15, 0.2) is 22.8 Å². The minimum atomic E-state index is 0. The topological polar surface area (TPSA) is 34.6 Å². The van der Waals surface area contributed by atoms with Gasteiger partial charge in [0, 0.05) is 36.4 Å². The smallest absolute Gasteiger partial charge is 0.213 e. The molecule has 0 aromatic carbocycles. The number of nitrogens with zero attached hydrogens (tertiary/aromatic N) is 2. The lowest BCUT2D eigenvalue weighted by atomic mass is 10.4. The van der Waals surface area contributed by atoms with Crippen LogP contribution in [0, 0.1) is 0 Å². The van der Waals surface area contributed by atoms with E-state index in [2.05, 4.69) is 25.8 Å². The number of morpholine rings is 1. The molecule has 0 spiro atoms. The van der Waals surface area contributed by atoms with Crippen molar-refractivity contribution in [1.82, 2.24) is 9.88 Å². The Morgan fingerprint density at radius 2 is 2.12 bits per heavy atom. The molecule has 6 heteroatoms. The van der Waals surface area contributed by atoms with Crippen molar-refractivity contribution in [2.45, 2.75) is 0 Å². The van der Waals surface area contributed by atoms with Gasteiger partial charge in [-0.2, -0.15) is 0 Å². The van der Waals surface area contributed by atoms with Crippen molar-refractivity contribution in [3.05, 3.63) is 22.8 Å². The number of pyridine rings is 1. The zero-order valence-electron chi connectivity index (χ0n) is 9.47. The quantitative estimate of drug-likeness (QED) is 0.848. The molecule has 96 valence electrons. The summed E-state index contributed by atoms with van der Waals surface area (Å²) in [4.78, 5) is 6.48. The summed E-state index contributed by atoms with van der Waals surface area (Å²) in [5.41, 5.74) is 0. The van der Waals surface area contributed by atoms with Gasteiger partial charge in [0.25, 0.3) is 0 Å². The highest BCUT2D eigenvalue weighted by atomic mass is 79.9. The second-order valence-electron chi connectivity index (χ2n) is 3.62. The average Bonchev–Trinajstić information content (AvgIpc) is 2.33. The molecule has 0 radical (unpaired) electrons. The molecule has 0 bridgehead atoms. The Hall–Kier alpha value is -0.360. The summed E-state index contributed by atoms with van der Waals surface area (Å²) in [6, 6.07) is 3.79. The van der Waals surface area contributed by atoms with Crippen molar-refractivity contribution in [2.75, 3.05) is 39.5 Å². The van der Waals surface area contributed by atoms with E-state index in [1.54, 1.807) is 6.20 Å². The van der Waals surface area contributed by atoms with Gasteiger partial charge < -0.3 is 9.47 Å². The van der Waals surface area contributed by atoms with E-state index < -0.39 is 0 Å². The third-order valence-electron chi connectivity index (χ3n) is 2.46. The van der Waals surface area contributed by atoms with Gasteiger partial charge in [-0.15, -0.1) is 12.4 Å². The summed E-state index contributed by atoms with van der Waals surface area (Å²) in [6.07, 6.45) is 1.74. The van der Waals surface area contributed by atoms with Gasteiger partial charge in [0.2, 0.25) is 5.88 Å². The Balaban J connectivity index is 0.00000144. The number of aromatic nitrogens is 1. The van der Waals surface area contributed by atoms with E-state index in [9.17, 15) is 0 Å². The lowest BCUT2D eigenvalue weighted by molar-refractivity contribution is 0.0320. The standard InChI is InChI=1S/C11H15BrN2O2.ClH/c12-10-1-2-11(13-9-10)16-8-5-14-3-6-15-7-4-14;/h1-2,9H,3-8H2;1H. The van der Waals surface area contributed by atoms with Gasteiger partial charge >= 0.3 is 0 Å². The minimum Gasteiger partial charge on any atom is -0.476 e. The maximum atomic E-state index is 5.55. The fourth-order valence-corrected chi connectivity index (χ4v) is 1.79.